The second-order valence-electron chi connectivity index (χ2n) is 6.96. The maximum absolute atomic E-state index is 12.7. The number of hydrogen-bond donors (Lipinski definition) is 0. The lowest BCUT2D eigenvalue weighted by atomic mass is 10.2. The molecule has 0 N–H and O–H groups in total. The quantitative estimate of drug-likeness (QED) is 0.380. The molecule has 0 spiro atoms. The fourth-order valence-corrected chi connectivity index (χ4v) is 4.18. The average molecular weight is 466 g/mol. The SMILES string of the molecule is O=C1S/C(=C\c2ccc(OCc3ccccc3)c(Cl)c2)C(=O)N1CCOc1ccccc1. The lowest BCUT2D eigenvalue weighted by Gasteiger charge is -2.13. The number of ether oxygens (including phenoxy) is 2. The van der Waals surface area contributed by atoms with Gasteiger partial charge in [0.1, 0.15) is 24.7 Å². The highest BCUT2D eigenvalue weighted by molar-refractivity contribution is 8.18. The van der Waals surface area contributed by atoms with Crippen molar-refractivity contribution in [2.45, 2.75) is 6.61 Å². The van der Waals surface area contributed by atoms with Crippen molar-refractivity contribution in [3.8, 4) is 11.5 Å². The Balaban J connectivity index is 1.37. The highest BCUT2D eigenvalue weighted by atomic mass is 35.5. The van der Waals surface area contributed by atoms with Crippen LogP contribution >= 0.6 is 23.4 Å². The molecule has 0 aliphatic carbocycles. The Morgan fingerprint density at radius 1 is 0.906 bits per heavy atom. The summed E-state index contributed by atoms with van der Waals surface area (Å²) < 4.78 is 11.4. The van der Waals surface area contributed by atoms with Crippen LogP contribution in [0.15, 0.2) is 83.8 Å². The minimum atomic E-state index is -0.336. The molecule has 5 nitrogen and oxygen atoms in total. The van der Waals surface area contributed by atoms with Gasteiger partial charge in [0.2, 0.25) is 0 Å². The lowest BCUT2D eigenvalue weighted by Crippen LogP contribution is -2.32. The standard InChI is InChI=1S/C25H20ClNO4S/c26-21-15-19(11-12-22(21)31-17-18-7-3-1-4-8-18)16-23-24(28)27(25(29)32-23)13-14-30-20-9-5-2-6-10-20/h1-12,15-16H,13-14,17H2/b23-16-. The van der Waals surface area contributed by atoms with Crippen LogP contribution in [0.25, 0.3) is 6.08 Å². The molecule has 1 fully saturated rings. The molecule has 0 unspecified atom stereocenters. The van der Waals surface area contributed by atoms with Gasteiger partial charge in [0.05, 0.1) is 16.5 Å². The van der Waals surface area contributed by atoms with Gasteiger partial charge in [-0.2, -0.15) is 0 Å². The van der Waals surface area contributed by atoms with E-state index in [1.54, 1.807) is 24.3 Å². The van der Waals surface area contributed by atoms with Crippen molar-refractivity contribution >= 4 is 40.6 Å². The van der Waals surface area contributed by atoms with Gasteiger partial charge in [0, 0.05) is 0 Å². The van der Waals surface area contributed by atoms with Gasteiger partial charge in [-0.15, -0.1) is 0 Å². The number of hydrogen-bond acceptors (Lipinski definition) is 5. The molecule has 0 bridgehead atoms. The van der Waals surface area contributed by atoms with Gasteiger partial charge in [0.15, 0.2) is 0 Å². The van der Waals surface area contributed by atoms with Crippen LogP contribution in [0, 0.1) is 0 Å². The molecule has 1 heterocycles. The van der Waals surface area contributed by atoms with Crippen LogP contribution in [0.3, 0.4) is 0 Å². The van der Waals surface area contributed by atoms with Crippen molar-refractivity contribution in [2.75, 3.05) is 13.2 Å². The molecule has 7 heteroatoms. The molecule has 0 aromatic heterocycles. The Labute approximate surface area is 195 Å². The number of rotatable bonds is 8. The van der Waals surface area contributed by atoms with Crippen molar-refractivity contribution in [3.05, 3.63) is 99.9 Å². The normalized spacial score (nSPS) is 14.8. The van der Waals surface area contributed by atoms with Gasteiger partial charge in [-0.1, -0.05) is 66.2 Å². The van der Waals surface area contributed by atoms with Gasteiger partial charge in [0.25, 0.3) is 11.1 Å². The van der Waals surface area contributed by atoms with Crippen LogP contribution in [0.5, 0.6) is 11.5 Å². The Morgan fingerprint density at radius 3 is 2.34 bits per heavy atom. The summed E-state index contributed by atoms with van der Waals surface area (Å²) in [5.74, 6) is 0.912. The van der Waals surface area contributed by atoms with E-state index in [2.05, 4.69) is 0 Å². The monoisotopic (exact) mass is 465 g/mol. The van der Waals surface area contributed by atoms with Crippen LogP contribution in [-0.4, -0.2) is 29.2 Å². The first-order valence-electron chi connectivity index (χ1n) is 9.99. The van der Waals surface area contributed by atoms with Crippen molar-refractivity contribution in [1.82, 2.24) is 4.90 Å². The molecule has 1 aliphatic rings. The molecule has 0 saturated carbocycles. The molecular weight excluding hydrogens is 446 g/mol. The Kier molecular flexibility index (Phi) is 7.14. The van der Waals surface area contributed by atoms with E-state index in [4.69, 9.17) is 21.1 Å². The first kappa shape index (κ1) is 22.0. The molecule has 4 rings (SSSR count). The summed E-state index contributed by atoms with van der Waals surface area (Å²) in [5, 5.41) is 0.122. The number of carbonyl (C=O) groups excluding carboxylic acids is 2. The maximum atomic E-state index is 12.7. The summed E-state index contributed by atoms with van der Waals surface area (Å²) in [6.45, 7) is 0.822. The molecule has 3 aromatic carbocycles. The Bertz CT molecular complexity index is 1140. The second kappa shape index (κ2) is 10.4. The number of amides is 2. The molecular formula is C25H20ClNO4S. The van der Waals surface area contributed by atoms with Crippen molar-refractivity contribution < 1.29 is 19.1 Å². The molecule has 162 valence electrons. The molecule has 2 amide bonds. The van der Waals surface area contributed by atoms with E-state index in [-0.39, 0.29) is 24.3 Å². The first-order chi connectivity index (χ1) is 15.6. The third-order valence-electron chi connectivity index (χ3n) is 4.69. The zero-order chi connectivity index (χ0) is 22.3. The summed E-state index contributed by atoms with van der Waals surface area (Å²) in [5.41, 5.74) is 1.76. The molecule has 1 saturated heterocycles. The number of carbonyl (C=O) groups is 2. The van der Waals surface area contributed by atoms with Crippen molar-refractivity contribution in [3.63, 3.8) is 0 Å². The van der Waals surface area contributed by atoms with Crippen molar-refractivity contribution in [2.24, 2.45) is 0 Å². The summed E-state index contributed by atoms with van der Waals surface area (Å²) in [7, 11) is 0. The maximum Gasteiger partial charge on any atom is 0.293 e. The molecule has 1 aliphatic heterocycles. The number of benzene rings is 3. The van der Waals surface area contributed by atoms with Gasteiger partial charge in [-0.05, 0) is 53.2 Å². The van der Waals surface area contributed by atoms with E-state index < -0.39 is 0 Å². The van der Waals surface area contributed by atoms with E-state index in [0.717, 1.165) is 17.3 Å². The fraction of sp³-hybridized carbons (Fsp3) is 0.120. The second-order valence-corrected chi connectivity index (χ2v) is 8.36. The Morgan fingerprint density at radius 2 is 1.62 bits per heavy atom. The number of thioether (sulfide) groups is 1. The van der Waals surface area contributed by atoms with E-state index in [9.17, 15) is 9.59 Å². The summed E-state index contributed by atoms with van der Waals surface area (Å²) >= 11 is 7.27. The van der Waals surface area contributed by atoms with Crippen LogP contribution in [0.2, 0.25) is 5.02 Å². The zero-order valence-electron chi connectivity index (χ0n) is 17.1. The van der Waals surface area contributed by atoms with E-state index in [1.807, 2.05) is 60.7 Å². The van der Waals surface area contributed by atoms with E-state index in [1.165, 1.54) is 4.90 Å². The minimum Gasteiger partial charge on any atom is -0.492 e. The first-order valence-corrected chi connectivity index (χ1v) is 11.2. The molecule has 3 aromatic rings. The predicted molar refractivity (Wildman–Crippen MR) is 127 cm³/mol. The summed E-state index contributed by atoms with van der Waals surface area (Å²) in [4.78, 5) is 26.5. The van der Waals surface area contributed by atoms with Crippen LogP contribution in [0.4, 0.5) is 4.79 Å². The number of para-hydroxylation sites is 1. The summed E-state index contributed by atoms with van der Waals surface area (Å²) in [6, 6.07) is 24.3. The predicted octanol–water partition coefficient (Wildman–Crippen LogP) is 6.03. The third kappa shape index (κ3) is 5.52. The molecule has 0 atom stereocenters. The third-order valence-corrected chi connectivity index (χ3v) is 5.89. The smallest absolute Gasteiger partial charge is 0.293 e. The highest BCUT2D eigenvalue weighted by Gasteiger charge is 2.34. The van der Waals surface area contributed by atoms with E-state index in [0.29, 0.717) is 33.6 Å². The van der Waals surface area contributed by atoms with Crippen LogP contribution in [0.1, 0.15) is 11.1 Å². The van der Waals surface area contributed by atoms with Gasteiger partial charge in [-0.25, -0.2) is 0 Å². The molecule has 32 heavy (non-hydrogen) atoms. The minimum absolute atomic E-state index is 0.184. The molecule has 0 radical (unpaired) electrons. The highest BCUT2D eigenvalue weighted by Crippen LogP contribution is 2.34. The van der Waals surface area contributed by atoms with Gasteiger partial charge < -0.3 is 9.47 Å². The lowest BCUT2D eigenvalue weighted by molar-refractivity contribution is -0.123. The summed E-state index contributed by atoms with van der Waals surface area (Å²) in [6.07, 6.45) is 1.66. The topological polar surface area (TPSA) is 55.8 Å². The number of imide groups is 1. The van der Waals surface area contributed by atoms with Crippen molar-refractivity contribution in [1.29, 1.82) is 0 Å². The largest absolute Gasteiger partial charge is 0.492 e. The van der Waals surface area contributed by atoms with Crippen LogP contribution < -0.4 is 9.47 Å². The number of nitrogens with zero attached hydrogens (tertiary/aromatic N) is 1. The zero-order valence-corrected chi connectivity index (χ0v) is 18.6. The Hall–Kier alpha value is -3.22. The van der Waals surface area contributed by atoms with Crippen LogP contribution in [-0.2, 0) is 11.4 Å². The number of halogens is 1. The average Bonchev–Trinajstić information content (AvgIpc) is 3.07. The fourth-order valence-electron chi connectivity index (χ4n) is 3.07. The van der Waals surface area contributed by atoms with Gasteiger partial charge >= 0.3 is 0 Å². The van der Waals surface area contributed by atoms with E-state index >= 15 is 0 Å². The van der Waals surface area contributed by atoms with Gasteiger partial charge in [-0.3, -0.25) is 14.5 Å².